The molecule has 2 amide bonds. The molecule has 1 aromatic heterocycles. The molecule has 0 saturated carbocycles. The summed E-state index contributed by atoms with van der Waals surface area (Å²) in [4.78, 5) is 47.5. The maximum Gasteiger partial charge on any atom is 0.273 e. The van der Waals surface area contributed by atoms with E-state index in [9.17, 15) is 19.2 Å². The molecule has 0 unspecified atom stereocenters. The first-order valence-electron chi connectivity index (χ1n) is 8.16. The van der Waals surface area contributed by atoms with Crippen LogP contribution in [-0.2, 0) is 16.1 Å². The molecule has 1 heterocycles. The highest BCUT2D eigenvalue weighted by molar-refractivity contribution is 5.80. The molecule has 2 rings (SSSR count). The van der Waals surface area contributed by atoms with E-state index in [1.165, 1.54) is 0 Å². The molecule has 0 radical (unpaired) electrons. The smallest absolute Gasteiger partial charge is 0.273 e. The number of amides is 2. The van der Waals surface area contributed by atoms with Gasteiger partial charge in [-0.1, -0.05) is 26.0 Å². The van der Waals surface area contributed by atoms with Gasteiger partial charge in [0.05, 0.1) is 17.3 Å². The molecule has 0 atom stereocenters. The van der Waals surface area contributed by atoms with E-state index in [0.29, 0.717) is 23.9 Å². The quantitative estimate of drug-likeness (QED) is 0.611. The van der Waals surface area contributed by atoms with Gasteiger partial charge in [0.2, 0.25) is 11.8 Å². The number of aromatic nitrogens is 2. The first kappa shape index (κ1) is 18.4. The maximum absolute atomic E-state index is 12.3. The lowest BCUT2D eigenvalue weighted by Gasteiger charge is -2.09. The van der Waals surface area contributed by atoms with E-state index in [2.05, 4.69) is 15.7 Å². The first-order valence-corrected chi connectivity index (χ1v) is 8.16. The molecular weight excluding hydrogens is 324 g/mol. The molecule has 134 valence electrons. The minimum absolute atomic E-state index is 0.0479. The van der Waals surface area contributed by atoms with Crippen LogP contribution in [0.3, 0.4) is 0 Å². The van der Waals surface area contributed by atoms with E-state index in [0.717, 1.165) is 4.68 Å². The van der Waals surface area contributed by atoms with Crippen molar-refractivity contribution in [1.82, 2.24) is 20.4 Å². The van der Waals surface area contributed by atoms with Crippen LogP contribution in [0.4, 0.5) is 0 Å². The van der Waals surface area contributed by atoms with Crippen LogP contribution < -0.4 is 21.8 Å². The van der Waals surface area contributed by atoms with Crippen molar-refractivity contribution in [2.24, 2.45) is 5.92 Å². The summed E-state index contributed by atoms with van der Waals surface area (Å²) in [5.41, 5.74) is -0.709. The molecule has 0 aliphatic carbocycles. The van der Waals surface area contributed by atoms with Crippen molar-refractivity contribution in [2.75, 3.05) is 13.1 Å². The van der Waals surface area contributed by atoms with Crippen LogP contribution in [0.5, 0.6) is 0 Å². The van der Waals surface area contributed by atoms with Gasteiger partial charge in [-0.3, -0.25) is 24.3 Å². The zero-order valence-electron chi connectivity index (χ0n) is 14.3. The molecule has 0 aliphatic rings. The minimum atomic E-state index is -0.369. The number of hydrogen-bond acceptors (Lipinski definition) is 4. The van der Waals surface area contributed by atoms with Gasteiger partial charge in [-0.05, 0) is 12.1 Å². The standard InChI is InChI=1S/C17H22N4O4/c1-11(2)15(23)19-9-8-18-14(22)7-10-21-17(25)13-6-4-3-5-12(13)16(24)20-21/h3-6,11H,7-10H2,1-2H3,(H,18,22)(H,19,23)(H,20,24). The Bertz CT molecular complexity index is 882. The third-order valence-corrected chi connectivity index (χ3v) is 3.72. The van der Waals surface area contributed by atoms with Crippen molar-refractivity contribution >= 4 is 22.6 Å². The molecule has 1 aromatic carbocycles. The van der Waals surface area contributed by atoms with Crippen LogP contribution >= 0.6 is 0 Å². The number of aryl methyl sites for hydroxylation is 1. The Hall–Kier alpha value is -2.90. The van der Waals surface area contributed by atoms with Gasteiger partial charge in [0, 0.05) is 25.4 Å². The number of H-pyrrole nitrogens is 1. The van der Waals surface area contributed by atoms with Gasteiger partial charge in [-0.25, -0.2) is 4.68 Å². The Morgan fingerprint density at radius 1 is 1.08 bits per heavy atom. The average Bonchev–Trinajstić information content (AvgIpc) is 2.60. The Kier molecular flexibility index (Phi) is 6.10. The zero-order valence-corrected chi connectivity index (χ0v) is 14.3. The number of aromatic amines is 1. The van der Waals surface area contributed by atoms with Crippen LogP contribution in [0, 0.1) is 5.92 Å². The Balaban J connectivity index is 1.89. The van der Waals surface area contributed by atoms with Crippen LogP contribution in [0.25, 0.3) is 10.8 Å². The molecule has 0 spiro atoms. The summed E-state index contributed by atoms with van der Waals surface area (Å²) in [6.07, 6.45) is 0.0479. The number of hydrogen-bond donors (Lipinski definition) is 3. The number of rotatable bonds is 7. The van der Waals surface area contributed by atoms with Gasteiger partial charge in [0.25, 0.3) is 11.1 Å². The number of fused-ring (bicyclic) bond motifs is 1. The summed E-state index contributed by atoms with van der Waals surface area (Å²) in [5, 5.41) is 8.48. The molecule has 0 bridgehead atoms. The normalized spacial score (nSPS) is 10.8. The maximum atomic E-state index is 12.3. The van der Waals surface area contributed by atoms with E-state index >= 15 is 0 Å². The Morgan fingerprint density at radius 2 is 1.72 bits per heavy atom. The van der Waals surface area contributed by atoms with Crippen LogP contribution in [0.1, 0.15) is 20.3 Å². The van der Waals surface area contributed by atoms with Crippen molar-refractivity contribution in [2.45, 2.75) is 26.8 Å². The molecule has 3 N–H and O–H groups in total. The fourth-order valence-electron chi connectivity index (χ4n) is 2.30. The lowest BCUT2D eigenvalue weighted by atomic mass is 10.2. The van der Waals surface area contributed by atoms with Crippen molar-refractivity contribution < 1.29 is 9.59 Å². The minimum Gasteiger partial charge on any atom is -0.354 e. The summed E-state index contributed by atoms with van der Waals surface area (Å²) in [6.45, 7) is 4.30. The van der Waals surface area contributed by atoms with Crippen molar-refractivity contribution in [3.05, 3.63) is 45.0 Å². The molecule has 0 saturated heterocycles. The van der Waals surface area contributed by atoms with Crippen LogP contribution in [-0.4, -0.2) is 34.7 Å². The molecule has 2 aromatic rings. The molecule has 0 fully saturated rings. The largest absolute Gasteiger partial charge is 0.354 e. The van der Waals surface area contributed by atoms with Crippen LogP contribution in [0.2, 0.25) is 0 Å². The molecule has 0 aliphatic heterocycles. The van der Waals surface area contributed by atoms with Gasteiger partial charge in [-0.2, -0.15) is 0 Å². The van der Waals surface area contributed by atoms with Crippen molar-refractivity contribution in [1.29, 1.82) is 0 Å². The zero-order chi connectivity index (χ0) is 18.4. The van der Waals surface area contributed by atoms with Gasteiger partial charge in [0.15, 0.2) is 0 Å². The summed E-state index contributed by atoms with van der Waals surface area (Å²) >= 11 is 0. The van der Waals surface area contributed by atoms with Crippen LogP contribution in [0.15, 0.2) is 33.9 Å². The summed E-state index contributed by atoms with van der Waals surface area (Å²) in [5.74, 6) is -0.443. The van der Waals surface area contributed by atoms with E-state index in [-0.39, 0.29) is 41.8 Å². The second-order valence-electron chi connectivity index (χ2n) is 5.99. The molecule has 8 heteroatoms. The van der Waals surface area contributed by atoms with Crippen molar-refractivity contribution in [3.8, 4) is 0 Å². The average molecular weight is 346 g/mol. The predicted octanol–water partition coefficient (Wildman–Crippen LogP) is -0.0317. The van der Waals surface area contributed by atoms with E-state index < -0.39 is 0 Å². The highest BCUT2D eigenvalue weighted by Crippen LogP contribution is 2.02. The fraction of sp³-hybridized carbons (Fsp3) is 0.412. The molecular formula is C17H22N4O4. The number of nitrogens with one attached hydrogen (secondary N) is 3. The highest BCUT2D eigenvalue weighted by Gasteiger charge is 2.09. The monoisotopic (exact) mass is 346 g/mol. The van der Waals surface area contributed by atoms with E-state index in [4.69, 9.17) is 0 Å². The lowest BCUT2D eigenvalue weighted by Crippen LogP contribution is -2.37. The summed E-state index contributed by atoms with van der Waals surface area (Å²) in [6, 6.07) is 6.54. The van der Waals surface area contributed by atoms with Gasteiger partial charge < -0.3 is 10.6 Å². The number of nitrogens with zero attached hydrogens (tertiary/aromatic N) is 1. The highest BCUT2D eigenvalue weighted by atomic mass is 16.2. The number of carbonyl (C=O) groups excluding carboxylic acids is 2. The Labute approximate surface area is 144 Å². The lowest BCUT2D eigenvalue weighted by molar-refractivity contribution is -0.124. The van der Waals surface area contributed by atoms with Crippen molar-refractivity contribution in [3.63, 3.8) is 0 Å². The summed E-state index contributed by atoms with van der Waals surface area (Å²) < 4.78 is 1.14. The first-order chi connectivity index (χ1) is 11.9. The number of benzene rings is 1. The van der Waals surface area contributed by atoms with E-state index in [1.54, 1.807) is 38.1 Å². The topological polar surface area (TPSA) is 113 Å². The predicted molar refractivity (Wildman–Crippen MR) is 94.3 cm³/mol. The van der Waals surface area contributed by atoms with Gasteiger partial charge in [0.1, 0.15) is 0 Å². The molecule has 25 heavy (non-hydrogen) atoms. The third-order valence-electron chi connectivity index (χ3n) is 3.72. The summed E-state index contributed by atoms with van der Waals surface area (Å²) in [7, 11) is 0. The molecule has 8 nitrogen and oxygen atoms in total. The SMILES string of the molecule is CC(C)C(=O)NCCNC(=O)CCn1[nH]c(=O)c2ccccc2c1=O. The number of carbonyl (C=O) groups is 2. The van der Waals surface area contributed by atoms with E-state index in [1.807, 2.05) is 0 Å². The second-order valence-corrected chi connectivity index (χ2v) is 5.99. The second kappa shape index (κ2) is 8.27. The van der Waals surface area contributed by atoms with Gasteiger partial charge >= 0.3 is 0 Å². The van der Waals surface area contributed by atoms with Gasteiger partial charge in [-0.15, -0.1) is 0 Å². The third kappa shape index (κ3) is 4.79. The Morgan fingerprint density at radius 3 is 2.40 bits per heavy atom. The fourth-order valence-corrected chi connectivity index (χ4v) is 2.30.